The standard InChI is InChI=1S/C10H12N4O/c1-14-5-3-9(13-14)10(15)7-6-12-4-2-8(7)11/h2-6,10,15H,1H3,(H2,11,12). The van der Waals surface area contributed by atoms with E-state index in [4.69, 9.17) is 5.73 Å². The lowest BCUT2D eigenvalue weighted by Gasteiger charge is -2.09. The van der Waals surface area contributed by atoms with Gasteiger partial charge >= 0.3 is 0 Å². The molecule has 0 saturated carbocycles. The summed E-state index contributed by atoms with van der Waals surface area (Å²) >= 11 is 0. The van der Waals surface area contributed by atoms with E-state index in [-0.39, 0.29) is 0 Å². The normalized spacial score (nSPS) is 12.7. The molecule has 2 aromatic heterocycles. The average molecular weight is 204 g/mol. The number of nitrogens with zero attached hydrogens (tertiary/aromatic N) is 3. The van der Waals surface area contributed by atoms with Gasteiger partial charge < -0.3 is 10.8 Å². The fourth-order valence-electron chi connectivity index (χ4n) is 1.38. The number of hydrogen-bond acceptors (Lipinski definition) is 4. The molecule has 0 aliphatic carbocycles. The summed E-state index contributed by atoms with van der Waals surface area (Å²) in [6.45, 7) is 0. The second kappa shape index (κ2) is 3.70. The minimum atomic E-state index is -0.820. The van der Waals surface area contributed by atoms with E-state index in [0.29, 0.717) is 16.9 Å². The van der Waals surface area contributed by atoms with Gasteiger partial charge in [-0.2, -0.15) is 5.10 Å². The van der Waals surface area contributed by atoms with E-state index in [1.54, 1.807) is 42.5 Å². The molecule has 0 fully saturated rings. The van der Waals surface area contributed by atoms with Crippen LogP contribution in [0.15, 0.2) is 30.7 Å². The Bertz CT molecular complexity index is 466. The third kappa shape index (κ3) is 1.82. The highest BCUT2D eigenvalue weighted by Gasteiger charge is 2.15. The third-order valence-electron chi connectivity index (χ3n) is 2.20. The zero-order valence-electron chi connectivity index (χ0n) is 8.33. The average Bonchev–Trinajstić information content (AvgIpc) is 2.65. The first kappa shape index (κ1) is 9.67. The van der Waals surface area contributed by atoms with Crippen molar-refractivity contribution in [2.45, 2.75) is 6.10 Å². The van der Waals surface area contributed by atoms with Crippen LogP contribution in [0.4, 0.5) is 5.69 Å². The van der Waals surface area contributed by atoms with Crippen LogP contribution in [0.1, 0.15) is 17.4 Å². The van der Waals surface area contributed by atoms with Crippen molar-refractivity contribution in [2.75, 3.05) is 5.73 Å². The summed E-state index contributed by atoms with van der Waals surface area (Å²) in [4.78, 5) is 3.92. The molecule has 0 aromatic carbocycles. The van der Waals surface area contributed by atoms with Crippen molar-refractivity contribution in [2.24, 2.45) is 7.05 Å². The molecular weight excluding hydrogens is 192 g/mol. The zero-order chi connectivity index (χ0) is 10.8. The van der Waals surface area contributed by atoms with E-state index in [0.717, 1.165) is 0 Å². The Hall–Kier alpha value is -1.88. The minimum absolute atomic E-state index is 0.517. The SMILES string of the molecule is Cn1ccc(C(O)c2cnccc2N)n1. The molecule has 1 atom stereocenters. The molecule has 5 nitrogen and oxygen atoms in total. The minimum Gasteiger partial charge on any atom is -0.398 e. The number of rotatable bonds is 2. The second-order valence-corrected chi connectivity index (χ2v) is 3.32. The third-order valence-corrected chi connectivity index (χ3v) is 2.20. The Morgan fingerprint density at radius 2 is 2.27 bits per heavy atom. The Morgan fingerprint density at radius 1 is 1.47 bits per heavy atom. The first-order chi connectivity index (χ1) is 7.18. The van der Waals surface area contributed by atoms with E-state index in [1.165, 1.54) is 0 Å². The Morgan fingerprint density at radius 3 is 2.87 bits per heavy atom. The maximum Gasteiger partial charge on any atom is 0.126 e. The summed E-state index contributed by atoms with van der Waals surface area (Å²) in [6, 6.07) is 3.40. The lowest BCUT2D eigenvalue weighted by molar-refractivity contribution is 0.214. The number of aryl methyl sites for hydroxylation is 1. The highest BCUT2D eigenvalue weighted by atomic mass is 16.3. The molecule has 0 aliphatic heterocycles. The fourth-order valence-corrected chi connectivity index (χ4v) is 1.38. The lowest BCUT2D eigenvalue weighted by atomic mass is 10.1. The molecule has 78 valence electrons. The van der Waals surface area contributed by atoms with E-state index in [9.17, 15) is 5.11 Å². The largest absolute Gasteiger partial charge is 0.398 e. The van der Waals surface area contributed by atoms with Gasteiger partial charge in [-0.05, 0) is 12.1 Å². The van der Waals surface area contributed by atoms with E-state index in [2.05, 4.69) is 10.1 Å². The summed E-state index contributed by atoms with van der Waals surface area (Å²) in [7, 11) is 1.79. The summed E-state index contributed by atoms with van der Waals surface area (Å²) < 4.78 is 1.63. The zero-order valence-corrected chi connectivity index (χ0v) is 8.33. The molecule has 0 saturated heterocycles. The number of aliphatic hydroxyl groups excluding tert-OH is 1. The molecule has 0 aliphatic rings. The first-order valence-electron chi connectivity index (χ1n) is 4.55. The van der Waals surface area contributed by atoms with Crippen LogP contribution in [-0.4, -0.2) is 19.9 Å². The molecule has 0 amide bonds. The maximum absolute atomic E-state index is 9.99. The molecule has 2 rings (SSSR count). The topological polar surface area (TPSA) is 77.0 Å². The van der Waals surface area contributed by atoms with Crippen molar-refractivity contribution in [1.29, 1.82) is 0 Å². The van der Waals surface area contributed by atoms with Gasteiger partial charge in [-0.15, -0.1) is 0 Å². The molecule has 15 heavy (non-hydrogen) atoms. The Labute approximate surface area is 87.2 Å². The molecule has 5 heteroatoms. The van der Waals surface area contributed by atoms with Crippen molar-refractivity contribution in [3.05, 3.63) is 42.0 Å². The van der Waals surface area contributed by atoms with Gasteiger partial charge in [0.15, 0.2) is 0 Å². The van der Waals surface area contributed by atoms with Gasteiger partial charge in [-0.1, -0.05) is 0 Å². The van der Waals surface area contributed by atoms with Crippen molar-refractivity contribution in [3.8, 4) is 0 Å². The lowest BCUT2D eigenvalue weighted by Crippen LogP contribution is -2.05. The molecule has 2 aromatic rings. The van der Waals surface area contributed by atoms with Crippen molar-refractivity contribution in [3.63, 3.8) is 0 Å². The molecular formula is C10H12N4O. The van der Waals surface area contributed by atoms with Gasteiger partial charge in [0.2, 0.25) is 0 Å². The number of hydrogen-bond donors (Lipinski definition) is 2. The van der Waals surface area contributed by atoms with Gasteiger partial charge in [0, 0.05) is 36.9 Å². The van der Waals surface area contributed by atoms with Crippen LogP contribution in [0, 0.1) is 0 Å². The highest BCUT2D eigenvalue weighted by Crippen LogP contribution is 2.23. The summed E-state index contributed by atoms with van der Waals surface area (Å²) in [5.41, 5.74) is 7.39. The van der Waals surface area contributed by atoms with Gasteiger partial charge in [-0.25, -0.2) is 0 Å². The molecule has 0 radical (unpaired) electrons. The fraction of sp³-hybridized carbons (Fsp3) is 0.200. The molecule has 0 bridgehead atoms. The van der Waals surface area contributed by atoms with Gasteiger partial charge in [-0.3, -0.25) is 9.67 Å². The van der Waals surface area contributed by atoms with E-state index < -0.39 is 6.10 Å². The molecule has 2 heterocycles. The van der Waals surface area contributed by atoms with Crippen LogP contribution in [0.3, 0.4) is 0 Å². The predicted octanol–water partition coefficient (Wildman–Crippen LogP) is 0.479. The summed E-state index contributed by atoms with van der Waals surface area (Å²) in [5.74, 6) is 0. The second-order valence-electron chi connectivity index (χ2n) is 3.32. The van der Waals surface area contributed by atoms with Crippen LogP contribution in [0.5, 0.6) is 0 Å². The van der Waals surface area contributed by atoms with Gasteiger partial charge in [0.25, 0.3) is 0 Å². The molecule has 0 spiro atoms. The number of nitrogen functional groups attached to an aromatic ring is 1. The predicted molar refractivity (Wildman–Crippen MR) is 55.9 cm³/mol. The number of aromatic nitrogens is 3. The molecule has 1 unspecified atom stereocenters. The van der Waals surface area contributed by atoms with Gasteiger partial charge in [0.05, 0.1) is 5.69 Å². The van der Waals surface area contributed by atoms with Crippen LogP contribution < -0.4 is 5.73 Å². The maximum atomic E-state index is 9.99. The first-order valence-corrected chi connectivity index (χ1v) is 4.55. The summed E-state index contributed by atoms with van der Waals surface area (Å²) in [6.07, 6.45) is 4.09. The van der Waals surface area contributed by atoms with Crippen LogP contribution in [0.2, 0.25) is 0 Å². The molecule has 3 N–H and O–H groups in total. The Kier molecular flexibility index (Phi) is 2.39. The highest BCUT2D eigenvalue weighted by molar-refractivity contribution is 5.47. The Balaban J connectivity index is 2.36. The van der Waals surface area contributed by atoms with Crippen molar-refractivity contribution < 1.29 is 5.11 Å². The van der Waals surface area contributed by atoms with Crippen LogP contribution in [-0.2, 0) is 7.05 Å². The van der Waals surface area contributed by atoms with E-state index in [1.807, 2.05) is 0 Å². The van der Waals surface area contributed by atoms with Gasteiger partial charge in [0.1, 0.15) is 6.10 Å². The smallest absolute Gasteiger partial charge is 0.126 e. The van der Waals surface area contributed by atoms with Crippen LogP contribution >= 0.6 is 0 Å². The van der Waals surface area contributed by atoms with Crippen LogP contribution in [0.25, 0.3) is 0 Å². The number of pyridine rings is 1. The monoisotopic (exact) mass is 204 g/mol. The van der Waals surface area contributed by atoms with Crippen molar-refractivity contribution >= 4 is 5.69 Å². The summed E-state index contributed by atoms with van der Waals surface area (Å²) in [5, 5.41) is 14.1. The van der Waals surface area contributed by atoms with E-state index >= 15 is 0 Å². The number of nitrogens with two attached hydrogens (primary N) is 1. The number of aliphatic hydroxyl groups is 1. The van der Waals surface area contributed by atoms with Crippen molar-refractivity contribution in [1.82, 2.24) is 14.8 Å². The quantitative estimate of drug-likeness (QED) is 0.745. The number of anilines is 1.